The number of hydrogen-bond acceptors (Lipinski definition) is 18. The maximum absolute atomic E-state index is 12.8. The predicted octanol–water partition coefficient (Wildman–Crippen LogP) is -2.04. The van der Waals surface area contributed by atoms with Crippen LogP contribution in [0.1, 0.15) is 48.2 Å². The van der Waals surface area contributed by atoms with Crippen molar-refractivity contribution in [2.45, 2.75) is 44.7 Å². The normalized spacial score (nSPS) is 14.3. The van der Waals surface area contributed by atoms with Gasteiger partial charge in [0.2, 0.25) is 17.8 Å². The number of carbonyl (C=O) groups excluding carboxylic acids is 4. The zero-order chi connectivity index (χ0) is 47.8. The summed E-state index contributed by atoms with van der Waals surface area (Å²) >= 11 is 0. The number of Topliss-reactive ketones (excluding diaryl/α,β-unsaturated/α-hetero) is 1. The average molecular weight is 927 g/mol. The molecule has 1 aliphatic heterocycles. The summed E-state index contributed by atoms with van der Waals surface area (Å²) in [6.07, 6.45) is 2.00. The summed E-state index contributed by atoms with van der Waals surface area (Å²) < 4.78 is 10.9. The number of aromatic nitrogens is 4. The summed E-state index contributed by atoms with van der Waals surface area (Å²) in [6.45, 7) is 3.64. The first-order valence-electron chi connectivity index (χ1n) is 21.4. The number of nitrogens with one attached hydrogen (secondary N) is 5. The Morgan fingerprint density at radius 2 is 1.35 bits per heavy atom. The van der Waals surface area contributed by atoms with E-state index in [9.17, 15) is 53.7 Å². The number of benzene rings is 1. The molecular formula is C41H58N12O13. The summed E-state index contributed by atoms with van der Waals surface area (Å²) in [4.78, 5) is 116. The highest BCUT2D eigenvalue weighted by Crippen LogP contribution is 2.13. The molecule has 25 heteroatoms. The van der Waals surface area contributed by atoms with Crippen molar-refractivity contribution >= 4 is 64.2 Å². The molecule has 0 bridgehead atoms. The summed E-state index contributed by atoms with van der Waals surface area (Å²) in [5.74, 6) is -4.68. The van der Waals surface area contributed by atoms with Gasteiger partial charge in [0.05, 0.1) is 64.5 Å². The lowest BCUT2D eigenvalue weighted by atomic mass is 10.1. The van der Waals surface area contributed by atoms with Crippen LogP contribution in [-0.4, -0.2) is 196 Å². The summed E-state index contributed by atoms with van der Waals surface area (Å²) in [5, 5.41) is 39.0. The van der Waals surface area contributed by atoms with Gasteiger partial charge in [0, 0.05) is 82.9 Å². The van der Waals surface area contributed by atoms with Crippen molar-refractivity contribution < 1.29 is 58.4 Å². The van der Waals surface area contributed by atoms with Gasteiger partial charge in [0.1, 0.15) is 11.8 Å². The summed E-state index contributed by atoms with van der Waals surface area (Å²) in [7, 11) is 0. The van der Waals surface area contributed by atoms with E-state index in [4.69, 9.17) is 15.2 Å². The van der Waals surface area contributed by atoms with Crippen molar-refractivity contribution in [3.05, 3.63) is 52.1 Å². The van der Waals surface area contributed by atoms with Crippen LogP contribution in [0.2, 0.25) is 0 Å². The maximum atomic E-state index is 12.8. The topological polar surface area (TPSA) is 354 Å². The highest BCUT2D eigenvalue weighted by Gasteiger charge is 2.23. The smallest absolute Gasteiger partial charge is 0.326 e. The lowest BCUT2D eigenvalue weighted by Crippen LogP contribution is -2.43. The van der Waals surface area contributed by atoms with E-state index in [1.165, 1.54) is 18.3 Å². The van der Waals surface area contributed by atoms with Crippen molar-refractivity contribution in [1.29, 1.82) is 0 Å². The zero-order valence-electron chi connectivity index (χ0n) is 36.5. The van der Waals surface area contributed by atoms with E-state index >= 15 is 0 Å². The third kappa shape index (κ3) is 19.6. The van der Waals surface area contributed by atoms with Gasteiger partial charge in [-0.2, -0.15) is 4.98 Å². The van der Waals surface area contributed by atoms with Gasteiger partial charge in [-0.05, 0) is 37.1 Å². The number of carbonyl (C=O) groups is 7. The number of ketones is 1. The first-order valence-corrected chi connectivity index (χ1v) is 21.4. The van der Waals surface area contributed by atoms with E-state index in [-0.39, 0.29) is 119 Å². The van der Waals surface area contributed by atoms with Crippen LogP contribution < -0.4 is 32.6 Å². The van der Waals surface area contributed by atoms with Crippen molar-refractivity contribution in [2.75, 3.05) is 109 Å². The number of carboxylic acid groups (broad SMARTS) is 3. The Morgan fingerprint density at radius 3 is 1.97 bits per heavy atom. The second-order valence-electron chi connectivity index (χ2n) is 15.3. The molecule has 25 nitrogen and oxygen atoms in total. The molecule has 66 heavy (non-hydrogen) atoms. The van der Waals surface area contributed by atoms with Gasteiger partial charge >= 0.3 is 17.9 Å². The Kier molecular flexibility index (Phi) is 21.7. The van der Waals surface area contributed by atoms with Gasteiger partial charge in [0.25, 0.3) is 11.5 Å². The van der Waals surface area contributed by atoms with Crippen LogP contribution in [0, 0.1) is 0 Å². The highest BCUT2D eigenvalue weighted by atomic mass is 16.5. The van der Waals surface area contributed by atoms with Crippen LogP contribution >= 0.6 is 0 Å². The Morgan fingerprint density at radius 1 is 0.742 bits per heavy atom. The SMILES string of the molecule is Nc1nc2ncc(CNc3ccc(C(=O)N[C@@H](CCC(=O)NCCOCCOCCC(=O)CCCNC(=O)CN4CCN(CC(=O)O)CCN(CC(=O)O)CC4)C(=O)O)cc3)nc2c(=O)[nH]1. The van der Waals surface area contributed by atoms with Gasteiger partial charge in [-0.15, -0.1) is 0 Å². The Hall–Kier alpha value is -6.67. The van der Waals surface area contributed by atoms with Crippen molar-refractivity contribution in [3.8, 4) is 0 Å². The number of aromatic amines is 1. The summed E-state index contributed by atoms with van der Waals surface area (Å²) in [5.41, 5.74) is 6.43. The number of anilines is 2. The molecule has 2 aromatic heterocycles. The van der Waals surface area contributed by atoms with Crippen molar-refractivity contribution in [1.82, 2.24) is 50.6 Å². The molecule has 0 aliphatic carbocycles. The van der Waals surface area contributed by atoms with E-state index in [1.807, 2.05) is 4.90 Å². The second kappa shape index (κ2) is 27.6. The molecule has 10 N–H and O–H groups in total. The lowest BCUT2D eigenvalue weighted by molar-refractivity contribution is -0.140. The molecule has 4 rings (SSSR count). The van der Waals surface area contributed by atoms with E-state index in [2.05, 4.69) is 41.2 Å². The number of nitrogen functional groups attached to an aromatic ring is 1. The first-order chi connectivity index (χ1) is 31.6. The van der Waals surface area contributed by atoms with E-state index in [1.54, 1.807) is 21.9 Å². The number of rotatable bonds is 28. The van der Waals surface area contributed by atoms with Gasteiger partial charge in [0.15, 0.2) is 11.2 Å². The molecule has 0 saturated carbocycles. The number of aliphatic carboxylic acids is 3. The highest BCUT2D eigenvalue weighted by molar-refractivity contribution is 5.97. The predicted molar refractivity (Wildman–Crippen MR) is 235 cm³/mol. The Bertz CT molecular complexity index is 2150. The summed E-state index contributed by atoms with van der Waals surface area (Å²) in [6, 6.07) is 4.90. The fraction of sp³-hybridized carbons (Fsp3) is 0.537. The monoisotopic (exact) mass is 926 g/mol. The zero-order valence-corrected chi connectivity index (χ0v) is 36.5. The standard InChI is InChI=1S/C41H58N12O13/c42-41-49-37-36(39(62)50-41)47-29(23-46-37)22-45-28-5-3-27(4-6-28)38(61)48-31(40(63)64)7-8-32(55)44-11-19-66-21-20-65-18-9-30(54)2-1-10-43-33(56)24-51-12-14-52(25-34(57)58)16-17-53(15-13-51)26-35(59)60/h3-6,23,31,45H,1-2,7-22,24-26H2,(H,43,56)(H,44,55)(H,48,61)(H,57,58)(H,59,60)(H,63,64)(H3,42,46,49,50,62)/t31-/m0/s1. The van der Waals surface area contributed by atoms with Gasteiger partial charge in [-0.1, -0.05) is 0 Å². The molecule has 1 atom stereocenters. The molecule has 3 amide bonds. The third-order valence-electron chi connectivity index (χ3n) is 10.1. The quantitative estimate of drug-likeness (QED) is 0.0354. The first kappa shape index (κ1) is 52.0. The van der Waals surface area contributed by atoms with Crippen LogP contribution in [0.15, 0.2) is 35.3 Å². The number of nitrogens with two attached hydrogens (primary N) is 1. The molecule has 0 unspecified atom stereocenters. The minimum atomic E-state index is -1.32. The van der Waals surface area contributed by atoms with Crippen molar-refractivity contribution in [2.24, 2.45) is 0 Å². The molecular weight excluding hydrogens is 869 g/mol. The maximum Gasteiger partial charge on any atom is 0.326 e. The number of H-pyrrole nitrogens is 1. The van der Waals surface area contributed by atoms with Gasteiger partial charge < -0.3 is 51.8 Å². The number of fused-ring (bicyclic) bond motifs is 1. The fourth-order valence-electron chi connectivity index (χ4n) is 6.56. The molecule has 1 saturated heterocycles. The van der Waals surface area contributed by atoms with Gasteiger partial charge in [-0.3, -0.25) is 53.2 Å². The molecule has 1 fully saturated rings. The molecule has 1 aromatic carbocycles. The van der Waals surface area contributed by atoms with Crippen molar-refractivity contribution in [3.63, 3.8) is 0 Å². The Balaban J connectivity index is 1.00. The molecule has 0 spiro atoms. The number of amides is 3. The van der Waals surface area contributed by atoms with Crippen LogP contribution in [-0.2, 0) is 44.8 Å². The van der Waals surface area contributed by atoms with E-state index < -0.39 is 41.3 Å². The van der Waals surface area contributed by atoms with Crippen LogP contribution in [0.4, 0.5) is 11.6 Å². The molecule has 0 radical (unpaired) electrons. The number of nitrogens with zero attached hydrogens (tertiary/aromatic N) is 6. The number of hydrogen-bond donors (Lipinski definition) is 9. The second-order valence-corrected chi connectivity index (χ2v) is 15.3. The van der Waals surface area contributed by atoms with Crippen LogP contribution in [0.25, 0.3) is 11.2 Å². The average Bonchev–Trinajstić information content (AvgIpc) is 3.35. The van der Waals surface area contributed by atoms with Crippen LogP contribution in [0.3, 0.4) is 0 Å². The van der Waals surface area contributed by atoms with E-state index in [0.29, 0.717) is 63.6 Å². The molecule has 3 heterocycles. The minimum Gasteiger partial charge on any atom is -0.480 e. The number of carboxylic acids is 3. The lowest BCUT2D eigenvalue weighted by Gasteiger charge is -2.24. The number of ether oxygens (including phenoxy) is 2. The minimum absolute atomic E-state index is 0.0330. The van der Waals surface area contributed by atoms with Crippen LogP contribution in [0.5, 0.6) is 0 Å². The third-order valence-corrected chi connectivity index (χ3v) is 10.1. The Labute approximate surface area is 378 Å². The molecule has 3 aromatic rings. The largest absolute Gasteiger partial charge is 0.480 e. The van der Waals surface area contributed by atoms with E-state index in [0.717, 1.165) is 0 Å². The van der Waals surface area contributed by atoms with Gasteiger partial charge in [-0.25, -0.2) is 14.8 Å². The fourth-order valence-corrected chi connectivity index (χ4v) is 6.56. The molecule has 360 valence electrons. The molecule has 1 aliphatic rings.